The molecule has 3 aromatic rings. The number of aromatic nitrogens is 1. The number of benzene rings is 2. The summed E-state index contributed by atoms with van der Waals surface area (Å²) in [6.07, 6.45) is -1.67. The van der Waals surface area contributed by atoms with E-state index in [1.54, 1.807) is 44.6 Å². The highest BCUT2D eigenvalue weighted by atomic mass is 19.4. The Hall–Kier alpha value is -3.47. The molecule has 10 heteroatoms. The standard InChI is InChI=1S/C29H34F3N3O4/c1-5-35(28(38-4)34-18-20-11-13-33-14-12-20)19-22-17-23(29(30,31)32)8-9-24(22)25-15-21(7-10-26(25)37-3)16-27(36)39-6-2/h7-15,17,28,34H,5-6,16,18-19H2,1-4H3. The second kappa shape index (κ2) is 14.1. The van der Waals surface area contributed by atoms with Gasteiger partial charge in [0.2, 0.25) is 0 Å². The molecule has 210 valence electrons. The first-order chi connectivity index (χ1) is 18.7. The van der Waals surface area contributed by atoms with Crippen molar-refractivity contribution in [3.63, 3.8) is 0 Å². The summed E-state index contributed by atoms with van der Waals surface area (Å²) >= 11 is 0. The van der Waals surface area contributed by atoms with Crippen molar-refractivity contribution in [1.29, 1.82) is 0 Å². The summed E-state index contributed by atoms with van der Waals surface area (Å²) in [7, 11) is 3.04. The van der Waals surface area contributed by atoms with E-state index < -0.39 is 18.1 Å². The number of ether oxygens (including phenoxy) is 3. The number of alkyl halides is 3. The normalized spacial score (nSPS) is 12.4. The number of esters is 1. The monoisotopic (exact) mass is 545 g/mol. The lowest BCUT2D eigenvalue weighted by molar-refractivity contribution is -0.142. The molecule has 1 aromatic heterocycles. The van der Waals surface area contributed by atoms with E-state index in [0.717, 1.165) is 17.7 Å². The smallest absolute Gasteiger partial charge is 0.416 e. The Morgan fingerprint density at radius 3 is 2.36 bits per heavy atom. The molecule has 3 rings (SSSR count). The Kier molecular flexibility index (Phi) is 10.8. The number of pyridine rings is 1. The van der Waals surface area contributed by atoms with Crippen molar-refractivity contribution in [3.05, 3.63) is 83.2 Å². The molecule has 2 aromatic carbocycles. The van der Waals surface area contributed by atoms with Crippen LogP contribution in [-0.2, 0) is 40.0 Å². The number of carbonyl (C=O) groups is 1. The number of halogens is 3. The molecule has 1 N–H and O–H groups in total. The summed E-state index contributed by atoms with van der Waals surface area (Å²) in [6.45, 7) is 5.03. The predicted octanol–water partition coefficient (Wildman–Crippen LogP) is 5.42. The molecule has 0 fully saturated rings. The number of hydrogen-bond acceptors (Lipinski definition) is 7. The van der Waals surface area contributed by atoms with Crippen molar-refractivity contribution in [2.24, 2.45) is 0 Å². The van der Waals surface area contributed by atoms with Crippen LogP contribution in [0.4, 0.5) is 13.2 Å². The number of rotatable bonds is 13. The van der Waals surface area contributed by atoms with Crippen LogP contribution in [0.1, 0.15) is 36.1 Å². The lowest BCUT2D eigenvalue weighted by Crippen LogP contribution is -2.46. The van der Waals surface area contributed by atoms with Crippen LogP contribution in [0.15, 0.2) is 60.9 Å². The van der Waals surface area contributed by atoms with Crippen LogP contribution in [0, 0.1) is 0 Å². The molecule has 7 nitrogen and oxygen atoms in total. The summed E-state index contributed by atoms with van der Waals surface area (Å²) in [5.74, 6) is 0.0902. The topological polar surface area (TPSA) is 72.9 Å². The van der Waals surface area contributed by atoms with E-state index in [-0.39, 0.29) is 25.5 Å². The quantitative estimate of drug-likeness (QED) is 0.227. The van der Waals surface area contributed by atoms with Crippen LogP contribution in [0.5, 0.6) is 5.75 Å². The van der Waals surface area contributed by atoms with Crippen LogP contribution >= 0.6 is 0 Å². The maximum Gasteiger partial charge on any atom is 0.416 e. The first-order valence-corrected chi connectivity index (χ1v) is 12.6. The maximum absolute atomic E-state index is 13.7. The number of hydrogen-bond donors (Lipinski definition) is 1. The molecule has 1 unspecified atom stereocenters. The van der Waals surface area contributed by atoms with Gasteiger partial charge in [0.15, 0.2) is 6.35 Å². The van der Waals surface area contributed by atoms with E-state index in [4.69, 9.17) is 14.2 Å². The first-order valence-electron chi connectivity index (χ1n) is 12.6. The van der Waals surface area contributed by atoms with Crippen molar-refractivity contribution in [3.8, 4) is 16.9 Å². The Morgan fingerprint density at radius 2 is 1.74 bits per heavy atom. The highest BCUT2D eigenvalue weighted by Crippen LogP contribution is 2.38. The summed E-state index contributed by atoms with van der Waals surface area (Å²) in [4.78, 5) is 18.0. The molecular weight excluding hydrogens is 511 g/mol. The van der Waals surface area contributed by atoms with Gasteiger partial charge in [-0.2, -0.15) is 13.2 Å². The third kappa shape index (κ3) is 8.26. The average molecular weight is 546 g/mol. The van der Waals surface area contributed by atoms with Crippen LogP contribution in [0.2, 0.25) is 0 Å². The molecule has 0 bridgehead atoms. The van der Waals surface area contributed by atoms with Crippen molar-refractivity contribution in [1.82, 2.24) is 15.2 Å². The van der Waals surface area contributed by atoms with Crippen molar-refractivity contribution < 1.29 is 32.2 Å². The Balaban J connectivity index is 2.00. The fraction of sp³-hybridized carbons (Fsp3) is 0.379. The number of carbonyl (C=O) groups excluding carboxylic acids is 1. The fourth-order valence-electron chi connectivity index (χ4n) is 4.26. The molecule has 0 saturated heterocycles. The Bertz CT molecular complexity index is 1220. The van der Waals surface area contributed by atoms with Crippen LogP contribution < -0.4 is 10.1 Å². The first kappa shape index (κ1) is 30.1. The van der Waals surface area contributed by atoms with Crippen LogP contribution in [-0.4, -0.2) is 49.6 Å². The summed E-state index contributed by atoms with van der Waals surface area (Å²) < 4.78 is 57.5. The number of methoxy groups -OCH3 is 2. The third-order valence-electron chi connectivity index (χ3n) is 6.21. The molecule has 0 aliphatic carbocycles. The summed E-state index contributed by atoms with van der Waals surface area (Å²) in [5, 5.41) is 3.30. The van der Waals surface area contributed by atoms with Gasteiger partial charge in [-0.15, -0.1) is 0 Å². The van der Waals surface area contributed by atoms with Crippen LogP contribution in [0.3, 0.4) is 0 Å². The molecule has 1 heterocycles. The van der Waals surface area contributed by atoms with Gasteiger partial charge in [-0.1, -0.05) is 19.1 Å². The van der Waals surface area contributed by atoms with Gasteiger partial charge < -0.3 is 14.2 Å². The molecule has 0 saturated carbocycles. The Morgan fingerprint density at radius 1 is 1.00 bits per heavy atom. The second-order valence-electron chi connectivity index (χ2n) is 8.77. The molecule has 0 spiro atoms. The second-order valence-corrected chi connectivity index (χ2v) is 8.77. The van der Waals surface area contributed by atoms with Crippen molar-refractivity contribution in [2.45, 2.75) is 45.9 Å². The van der Waals surface area contributed by atoms with Crippen molar-refractivity contribution in [2.75, 3.05) is 27.4 Å². The van der Waals surface area contributed by atoms with E-state index in [9.17, 15) is 18.0 Å². The highest BCUT2D eigenvalue weighted by molar-refractivity contribution is 5.77. The SMILES string of the molecule is CCOC(=O)Cc1ccc(OC)c(-c2ccc(C(F)(F)F)cc2CN(CC)C(NCc2ccncc2)OC)c1. The van der Waals surface area contributed by atoms with Gasteiger partial charge in [-0.05, 0) is 72.1 Å². The van der Waals surface area contributed by atoms with Crippen LogP contribution in [0.25, 0.3) is 11.1 Å². The van der Waals surface area contributed by atoms with E-state index in [1.165, 1.54) is 13.2 Å². The largest absolute Gasteiger partial charge is 0.496 e. The van der Waals surface area contributed by atoms with Gasteiger partial charge in [-0.3, -0.25) is 20.0 Å². The van der Waals surface area contributed by atoms with E-state index in [1.807, 2.05) is 24.0 Å². The minimum absolute atomic E-state index is 0.0343. The zero-order valence-electron chi connectivity index (χ0n) is 22.5. The third-order valence-corrected chi connectivity index (χ3v) is 6.21. The lowest BCUT2D eigenvalue weighted by atomic mass is 9.94. The minimum Gasteiger partial charge on any atom is -0.496 e. The molecule has 0 amide bonds. The molecule has 39 heavy (non-hydrogen) atoms. The summed E-state index contributed by atoms with van der Waals surface area (Å²) in [5.41, 5.74) is 2.48. The highest BCUT2D eigenvalue weighted by Gasteiger charge is 2.32. The lowest BCUT2D eigenvalue weighted by Gasteiger charge is -2.31. The summed E-state index contributed by atoms with van der Waals surface area (Å²) in [6, 6.07) is 12.6. The zero-order valence-corrected chi connectivity index (χ0v) is 22.5. The number of nitrogens with zero attached hydrogens (tertiary/aromatic N) is 2. The predicted molar refractivity (Wildman–Crippen MR) is 142 cm³/mol. The Labute approximate surface area is 226 Å². The van der Waals surface area contributed by atoms with Gasteiger partial charge >= 0.3 is 12.1 Å². The average Bonchev–Trinajstić information content (AvgIpc) is 2.92. The zero-order chi connectivity index (χ0) is 28.4. The van der Waals surface area contributed by atoms with E-state index in [0.29, 0.717) is 41.1 Å². The van der Waals surface area contributed by atoms with E-state index in [2.05, 4.69) is 10.3 Å². The molecular formula is C29H34F3N3O4. The van der Waals surface area contributed by atoms with Gasteiger partial charge in [0, 0.05) is 38.2 Å². The maximum atomic E-state index is 13.7. The molecule has 0 radical (unpaired) electrons. The van der Waals surface area contributed by atoms with Gasteiger partial charge in [0.05, 0.1) is 25.7 Å². The molecule has 0 aliphatic heterocycles. The molecule has 0 aliphatic rings. The minimum atomic E-state index is -4.51. The van der Waals surface area contributed by atoms with Gasteiger partial charge in [0.1, 0.15) is 5.75 Å². The van der Waals surface area contributed by atoms with Gasteiger partial charge in [-0.25, -0.2) is 0 Å². The number of nitrogens with one attached hydrogen (secondary N) is 1. The van der Waals surface area contributed by atoms with Crippen molar-refractivity contribution >= 4 is 5.97 Å². The van der Waals surface area contributed by atoms with E-state index >= 15 is 0 Å². The fourth-order valence-corrected chi connectivity index (χ4v) is 4.26. The van der Waals surface area contributed by atoms with Gasteiger partial charge in [0.25, 0.3) is 0 Å². The molecule has 1 atom stereocenters.